The SMILES string of the molecule is CC(C)Cc1ccc(C(=O)Nc2ccc(S(=O)(=O)NCC(=O)OC(C)(C)C)cc2)cc1. The fourth-order valence-corrected chi connectivity index (χ4v) is 3.77. The molecule has 31 heavy (non-hydrogen) atoms. The van der Waals surface area contributed by atoms with Crippen LogP contribution in [0.1, 0.15) is 50.5 Å². The third kappa shape index (κ3) is 8.15. The Kier molecular flexibility index (Phi) is 7.97. The highest BCUT2D eigenvalue weighted by Crippen LogP contribution is 2.16. The zero-order valence-corrected chi connectivity index (χ0v) is 19.4. The van der Waals surface area contributed by atoms with Crippen LogP contribution < -0.4 is 10.0 Å². The number of esters is 1. The van der Waals surface area contributed by atoms with Crippen molar-refractivity contribution in [2.24, 2.45) is 5.92 Å². The Bertz CT molecular complexity index is 1010. The number of ether oxygens (including phenoxy) is 1. The molecule has 0 unspecified atom stereocenters. The molecule has 0 saturated heterocycles. The van der Waals surface area contributed by atoms with E-state index in [4.69, 9.17) is 4.74 Å². The molecule has 0 spiro atoms. The van der Waals surface area contributed by atoms with Crippen LogP contribution in [0.25, 0.3) is 0 Å². The van der Waals surface area contributed by atoms with E-state index in [0.29, 0.717) is 17.2 Å². The average Bonchev–Trinajstić information content (AvgIpc) is 2.66. The van der Waals surface area contributed by atoms with Crippen molar-refractivity contribution in [2.75, 3.05) is 11.9 Å². The number of amides is 1. The molecule has 0 fully saturated rings. The molecule has 0 aromatic heterocycles. The van der Waals surface area contributed by atoms with Crippen LogP contribution in [-0.4, -0.2) is 32.4 Å². The number of nitrogens with one attached hydrogen (secondary N) is 2. The number of anilines is 1. The summed E-state index contributed by atoms with van der Waals surface area (Å²) < 4.78 is 32.0. The van der Waals surface area contributed by atoms with Crippen molar-refractivity contribution >= 4 is 27.6 Å². The molecule has 0 atom stereocenters. The standard InChI is InChI=1S/C23H30N2O5S/c1-16(2)14-17-6-8-18(9-7-17)22(27)25-19-10-12-20(13-11-19)31(28,29)24-15-21(26)30-23(3,4)5/h6-13,16,24H,14-15H2,1-5H3,(H,25,27). The Morgan fingerprint density at radius 1 is 0.968 bits per heavy atom. The Hall–Kier alpha value is -2.71. The van der Waals surface area contributed by atoms with Gasteiger partial charge in [-0.15, -0.1) is 0 Å². The fourth-order valence-electron chi connectivity index (χ4n) is 2.80. The van der Waals surface area contributed by atoms with Crippen molar-refractivity contribution in [2.45, 2.75) is 51.5 Å². The lowest BCUT2D eigenvalue weighted by Gasteiger charge is -2.19. The number of benzene rings is 2. The predicted octanol–water partition coefficient (Wildman–Crippen LogP) is 3.76. The maximum absolute atomic E-state index is 12.4. The summed E-state index contributed by atoms with van der Waals surface area (Å²) in [5, 5.41) is 2.74. The molecule has 8 heteroatoms. The highest BCUT2D eigenvalue weighted by molar-refractivity contribution is 7.89. The van der Waals surface area contributed by atoms with Gasteiger partial charge in [-0.05, 0) is 75.1 Å². The molecule has 2 aromatic rings. The molecular formula is C23H30N2O5S. The summed E-state index contributed by atoms with van der Waals surface area (Å²) in [4.78, 5) is 24.1. The second kappa shape index (κ2) is 10.1. The van der Waals surface area contributed by atoms with E-state index in [9.17, 15) is 18.0 Å². The van der Waals surface area contributed by atoms with E-state index in [1.807, 2.05) is 12.1 Å². The average molecular weight is 447 g/mol. The first-order chi connectivity index (χ1) is 14.4. The van der Waals surface area contributed by atoms with Crippen molar-refractivity contribution in [1.82, 2.24) is 4.72 Å². The molecule has 1 amide bonds. The molecular weight excluding hydrogens is 416 g/mol. The zero-order chi connectivity index (χ0) is 23.2. The third-order valence-electron chi connectivity index (χ3n) is 4.11. The first kappa shape index (κ1) is 24.6. The molecule has 0 bridgehead atoms. The van der Waals surface area contributed by atoms with Crippen LogP contribution in [0, 0.1) is 5.92 Å². The van der Waals surface area contributed by atoms with Crippen LogP contribution >= 0.6 is 0 Å². The molecule has 0 aliphatic heterocycles. The van der Waals surface area contributed by atoms with Gasteiger partial charge in [-0.2, -0.15) is 4.72 Å². The van der Waals surface area contributed by atoms with Gasteiger partial charge in [-0.1, -0.05) is 26.0 Å². The monoisotopic (exact) mass is 446 g/mol. The van der Waals surface area contributed by atoms with Crippen LogP contribution in [-0.2, 0) is 26.0 Å². The highest BCUT2D eigenvalue weighted by Gasteiger charge is 2.20. The lowest BCUT2D eigenvalue weighted by atomic mass is 10.0. The molecule has 0 saturated carbocycles. The van der Waals surface area contributed by atoms with E-state index in [1.165, 1.54) is 29.8 Å². The van der Waals surface area contributed by atoms with Crippen molar-refractivity contribution in [3.05, 3.63) is 59.7 Å². The molecule has 0 heterocycles. The maximum Gasteiger partial charge on any atom is 0.321 e. The minimum atomic E-state index is -3.89. The highest BCUT2D eigenvalue weighted by atomic mass is 32.2. The number of sulfonamides is 1. The van der Waals surface area contributed by atoms with Gasteiger partial charge in [0.1, 0.15) is 12.1 Å². The van der Waals surface area contributed by atoms with Crippen LogP contribution in [0.5, 0.6) is 0 Å². The van der Waals surface area contributed by atoms with Gasteiger partial charge in [0.05, 0.1) is 4.90 Å². The summed E-state index contributed by atoms with van der Waals surface area (Å²) in [6.45, 7) is 8.91. The van der Waals surface area contributed by atoms with Gasteiger partial charge in [-0.25, -0.2) is 8.42 Å². The Labute approximate surface area is 184 Å². The Morgan fingerprint density at radius 2 is 1.55 bits per heavy atom. The normalized spacial score (nSPS) is 11.9. The quantitative estimate of drug-likeness (QED) is 0.601. The summed E-state index contributed by atoms with van der Waals surface area (Å²) in [7, 11) is -3.89. The largest absolute Gasteiger partial charge is 0.459 e. The van der Waals surface area contributed by atoms with Gasteiger partial charge < -0.3 is 10.1 Å². The van der Waals surface area contributed by atoms with Gasteiger partial charge >= 0.3 is 5.97 Å². The first-order valence-corrected chi connectivity index (χ1v) is 11.6. The zero-order valence-electron chi connectivity index (χ0n) is 18.6. The topological polar surface area (TPSA) is 102 Å². The fraction of sp³-hybridized carbons (Fsp3) is 0.391. The van der Waals surface area contributed by atoms with E-state index in [1.54, 1.807) is 32.9 Å². The smallest absolute Gasteiger partial charge is 0.321 e. The van der Waals surface area contributed by atoms with Gasteiger partial charge in [0.2, 0.25) is 10.0 Å². The number of carbonyl (C=O) groups is 2. The van der Waals surface area contributed by atoms with Crippen LogP contribution in [0.2, 0.25) is 0 Å². The molecule has 7 nitrogen and oxygen atoms in total. The Balaban J connectivity index is 1.97. The van der Waals surface area contributed by atoms with Crippen LogP contribution in [0.3, 0.4) is 0 Å². The van der Waals surface area contributed by atoms with Crippen LogP contribution in [0.4, 0.5) is 5.69 Å². The molecule has 168 valence electrons. The lowest BCUT2D eigenvalue weighted by molar-refractivity contribution is -0.153. The predicted molar refractivity (Wildman–Crippen MR) is 120 cm³/mol. The lowest BCUT2D eigenvalue weighted by Crippen LogP contribution is -2.34. The second-order valence-electron chi connectivity index (χ2n) is 8.68. The molecule has 2 N–H and O–H groups in total. The number of rotatable bonds is 8. The minimum Gasteiger partial charge on any atom is -0.459 e. The first-order valence-electron chi connectivity index (χ1n) is 10.1. The summed E-state index contributed by atoms with van der Waals surface area (Å²) in [5.41, 5.74) is 1.45. The van der Waals surface area contributed by atoms with E-state index < -0.39 is 28.1 Å². The summed E-state index contributed by atoms with van der Waals surface area (Å²) in [5.74, 6) is -0.415. The minimum absolute atomic E-state index is 0.0212. The Morgan fingerprint density at radius 3 is 2.06 bits per heavy atom. The molecule has 0 aliphatic carbocycles. The van der Waals surface area contributed by atoms with Crippen molar-refractivity contribution < 1.29 is 22.7 Å². The van der Waals surface area contributed by atoms with Gasteiger partial charge in [0.15, 0.2) is 0 Å². The summed E-state index contributed by atoms with van der Waals surface area (Å²) in [6, 6.07) is 13.1. The van der Waals surface area contributed by atoms with E-state index >= 15 is 0 Å². The maximum atomic E-state index is 12.4. The van der Waals surface area contributed by atoms with Crippen molar-refractivity contribution in [3.8, 4) is 0 Å². The molecule has 0 aliphatic rings. The molecule has 2 aromatic carbocycles. The van der Waals surface area contributed by atoms with Gasteiger partial charge in [0.25, 0.3) is 5.91 Å². The summed E-state index contributed by atoms with van der Waals surface area (Å²) >= 11 is 0. The van der Waals surface area contributed by atoms with Crippen molar-refractivity contribution in [1.29, 1.82) is 0 Å². The second-order valence-corrected chi connectivity index (χ2v) is 10.5. The van der Waals surface area contributed by atoms with Gasteiger partial charge in [-0.3, -0.25) is 9.59 Å². The number of hydrogen-bond acceptors (Lipinski definition) is 5. The number of carbonyl (C=O) groups excluding carboxylic acids is 2. The van der Waals surface area contributed by atoms with E-state index in [2.05, 4.69) is 23.9 Å². The number of hydrogen-bond donors (Lipinski definition) is 2. The van der Waals surface area contributed by atoms with E-state index in [-0.39, 0.29) is 10.8 Å². The van der Waals surface area contributed by atoms with Crippen molar-refractivity contribution in [3.63, 3.8) is 0 Å². The van der Waals surface area contributed by atoms with E-state index in [0.717, 1.165) is 6.42 Å². The van der Waals surface area contributed by atoms with Gasteiger partial charge in [0, 0.05) is 11.3 Å². The molecule has 2 rings (SSSR count). The third-order valence-corrected chi connectivity index (χ3v) is 5.53. The van der Waals surface area contributed by atoms with Crippen LogP contribution in [0.15, 0.2) is 53.4 Å². The summed E-state index contributed by atoms with van der Waals surface area (Å²) in [6.07, 6.45) is 0.944. The molecule has 0 radical (unpaired) electrons.